The van der Waals surface area contributed by atoms with E-state index in [1.165, 1.54) is 11.1 Å². The van der Waals surface area contributed by atoms with Crippen molar-refractivity contribution in [3.8, 4) is 5.69 Å². The van der Waals surface area contributed by atoms with Crippen LogP contribution in [0.25, 0.3) is 5.69 Å². The van der Waals surface area contributed by atoms with Crippen molar-refractivity contribution >= 4 is 5.91 Å². The maximum absolute atomic E-state index is 12.4. The third kappa shape index (κ3) is 3.06. The van der Waals surface area contributed by atoms with Crippen molar-refractivity contribution in [3.63, 3.8) is 0 Å². The van der Waals surface area contributed by atoms with E-state index in [0.717, 1.165) is 37.3 Å². The predicted octanol–water partition coefficient (Wildman–Crippen LogP) is 2.09. The van der Waals surface area contributed by atoms with Crippen molar-refractivity contribution in [3.05, 3.63) is 40.7 Å². The van der Waals surface area contributed by atoms with E-state index >= 15 is 0 Å². The summed E-state index contributed by atoms with van der Waals surface area (Å²) < 4.78 is 1.80. The number of fused-ring (bicyclic) bond motifs is 1. The zero-order valence-electron chi connectivity index (χ0n) is 14.8. The van der Waals surface area contributed by atoms with Crippen molar-refractivity contribution in [2.24, 2.45) is 0 Å². The van der Waals surface area contributed by atoms with E-state index in [4.69, 9.17) is 0 Å². The number of carbonyl (C=O) groups is 1. The van der Waals surface area contributed by atoms with E-state index in [0.29, 0.717) is 5.69 Å². The largest absolute Gasteiger partial charge is 0.348 e. The van der Waals surface area contributed by atoms with Crippen molar-refractivity contribution < 1.29 is 4.79 Å². The Morgan fingerprint density at radius 3 is 2.96 bits per heavy atom. The van der Waals surface area contributed by atoms with E-state index in [-0.39, 0.29) is 11.9 Å². The number of aromatic nitrogens is 3. The fourth-order valence-electron chi connectivity index (χ4n) is 3.09. The van der Waals surface area contributed by atoms with Gasteiger partial charge in [-0.25, -0.2) is 4.68 Å². The number of likely N-dealkylation sites (N-methyl/N-ethyl adjacent to an activating group) is 1. The summed E-state index contributed by atoms with van der Waals surface area (Å²) in [5, 5.41) is 11.4. The molecule has 0 bridgehead atoms. The first-order chi connectivity index (χ1) is 11.5. The lowest BCUT2D eigenvalue weighted by atomic mass is 9.98. The van der Waals surface area contributed by atoms with Gasteiger partial charge in [0.25, 0.3) is 5.91 Å². The summed E-state index contributed by atoms with van der Waals surface area (Å²) >= 11 is 0. The highest BCUT2D eigenvalue weighted by molar-refractivity contribution is 5.93. The fourth-order valence-corrected chi connectivity index (χ4v) is 3.09. The van der Waals surface area contributed by atoms with Crippen LogP contribution in [0.5, 0.6) is 0 Å². The molecule has 1 aliphatic rings. The molecule has 0 aliphatic carbocycles. The topological polar surface area (TPSA) is 63.1 Å². The van der Waals surface area contributed by atoms with E-state index in [1.54, 1.807) is 4.68 Å². The average Bonchev–Trinajstić information content (AvgIpc) is 2.95. The van der Waals surface area contributed by atoms with Crippen LogP contribution >= 0.6 is 0 Å². The predicted molar refractivity (Wildman–Crippen MR) is 93.4 cm³/mol. The van der Waals surface area contributed by atoms with E-state index in [9.17, 15) is 4.79 Å². The summed E-state index contributed by atoms with van der Waals surface area (Å²) in [5.41, 5.74) is 4.84. The zero-order chi connectivity index (χ0) is 17.3. The molecule has 0 fully saturated rings. The molecule has 0 radical (unpaired) electrons. The Morgan fingerprint density at radius 2 is 2.21 bits per heavy atom. The molecule has 2 heterocycles. The minimum absolute atomic E-state index is 0.127. The van der Waals surface area contributed by atoms with Gasteiger partial charge in [0.15, 0.2) is 5.69 Å². The second kappa shape index (κ2) is 6.73. The molecule has 1 atom stereocenters. The Kier molecular flexibility index (Phi) is 4.66. The number of nitrogens with one attached hydrogen (secondary N) is 1. The Morgan fingerprint density at radius 1 is 1.42 bits per heavy atom. The minimum Gasteiger partial charge on any atom is -0.348 e. The van der Waals surface area contributed by atoms with Gasteiger partial charge in [0.2, 0.25) is 0 Å². The van der Waals surface area contributed by atoms with Crippen LogP contribution in [0.1, 0.15) is 47.6 Å². The molecule has 0 saturated heterocycles. The quantitative estimate of drug-likeness (QED) is 0.934. The lowest BCUT2D eigenvalue weighted by molar-refractivity contribution is 0.0933. The lowest BCUT2D eigenvalue weighted by Gasteiger charge is -2.26. The molecule has 128 valence electrons. The second-order valence-corrected chi connectivity index (χ2v) is 6.62. The Hall–Kier alpha value is -2.21. The fraction of sp³-hybridized carbons (Fsp3) is 0.500. The lowest BCUT2D eigenvalue weighted by Crippen LogP contribution is -2.32. The summed E-state index contributed by atoms with van der Waals surface area (Å²) in [7, 11) is 2.13. The molecular formula is C18H25N5O. The maximum atomic E-state index is 12.4. The van der Waals surface area contributed by atoms with Gasteiger partial charge in [-0.1, -0.05) is 24.3 Å². The zero-order valence-corrected chi connectivity index (χ0v) is 14.8. The first-order valence-electron chi connectivity index (χ1n) is 8.54. The first kappa shape index (κ1) is 16.6. The van der Waals surface area contributed by atoms with Crippen LogP contribution in [0, 0.1) is 6.92 Å². The second-order valence-electron chi connectivity index (χ2n) is 6.62. The summed E-state index contributed by atoms with van der Waals surface area (Å²) in [6.45, 7) is 7.90. The Balaban J connectivity index is 1.95. The summed E-state index contributed by atoms with van der Waals surface area (Å²) in [4.78, 5) is 14.7. The number of hydrogen-bond donors (Lipinski definition) is 1. The van der Waals surface area contributed by atoms with E-state index < -0.39 is 0 Å². The number of amides is 1. The molecule has 24 heavy (non-hydrogen) atoms. The van der Waals surface area contributed by atoms with Gasteiger partial charge >= 0.3 is 0 Å². The summed E-state index contributed by atoms with van der Waals surface area (Å²) in [5.74, 6) is -0.155. The molecule has 6 nitrogen and oxygen atoms in total. The normalized spacial score (nSPS) is 15.8. The van der Waals surface area contributed by atoms with Gasteiger partial charge in [-0.15, -0.1) is 5.10 Å². The smallest absolute Gasteiger partial charge is 0.273 e. The van der Waals surface area contributed by atoms with E-state index in [2.05, 4.69) is 39.7 Å². The van der Waals surface area contributed by atoms with Gasteiger partial charge in [-0.3, -0.25) is 4.79 Å². The summed E-state index contributed by atoms with van der Waals surface area (Å²) in [6.07, 6.45) is 1.87. The van der Waals surface area contributed by atoms with Gasteiger partial charge < -0.3 is 10.2 Å². The highest BCUT2D eigenvalue weighted by Crippen LogP contribution is 2.25. The maximum Gasteiger partial charge on any atom is 0.273 e. The van der Waals surface area contributed by atoms with Gasteiger partial charge in [-0.05, 0) is 50.9 Å². The highest BCUT2D eigenvalue weighted by Gasteiger charge is 2.22. The molecule has 1 aromatic carbocycles. The van der Waals surface area contributed by atoms with Crippen LogP contribution in [0.4, 0.5) is 0 Å². The van der Waals surface area contributed by atoms with Crippen LogP contribution in [0.3, 0.4) is 0 Å². The Bertz CT molecular complexity index is 752. The number of nitrogens with zero attached hydrogens (tertiary/aromatic N) is 4. The number of rotatable bonds is 4. The molecule has 1 amide bonds. The number of benzene rings is 1. The minimum atomic E-state index is -0.155. The van der Waals surface area contributed by atoms with Crippen molar-refractivity contribution in [2.45, 2.75) is 46.2 Å². The first-order valence-corrected chi connectivity index (χ1v) is 8.54. The molecular weight excluding hydrogens is 302 g/mol. The standard InChI is InChI=1S/C18H25N5O/c1-5-12(2)19-18(24)17-13(3)23(21-20-17)16-8-6-7-14-11-22(4)10-9-15(14)16/h6-8,12H,5,9-11H2,1-4H3,(H,19,24). The third-order valence-corrected chi connectivity index (χ3v) is 4.76. The van der Waals surface area contributed by atoms with Crippen LogP contribution in [-0.2, 0) is 13.0 Å². The SMILES string of the molecule is CCC(C)NC(=O)c1nnn(-c2cccc3c2CCN(C)C3)c1C. The average molecular weight is 327 g/mol. The highest BCUT2D eigenvalue weighted by atomic mass is 16.2. The van der Waals surface area contributed by atoms with Gasteiger partial charge in [0, 0.05) is 19.1 Å². The molecule has 0 saturated carbocycles. The molecule has 1 aliphatic heterocycles. The molecule has 1 N–H and O–H groups in total. The van der Waals surface area contributed by atoms with E-state index in [1.807, 2.05) is 26.8 Å². The van der Waals surface area contributed by atoms with Crippen LogP contribution in [-0.4, -0.2) is 45.4 Å². The van der Waals surface area contributed by atoms with Crippen LogP contribution in [0.2, 0.25) is 0 Å². The molecule has 0 spiro atoms. The van der Waals surface area contributed by atoms with Gasteiger partial charge in [0.05, 0.1) is 11.4 Å². The number of hydrogen-bond acceptors (Lipinski definition) is 4. The van der Waals surface area contributed by atoms with Gasteiger partial charge in [-0.2, -0.15) is 0 Å². The van der Waals surface area contributed by atoms with Crippen LogP contribution < -0.4 is 5.32 Å². The third-order valence-electron chi connectivity index (χ3n) is 4.76. The van der Waals surface area contributed by atoms with Crippen LogP contribution in [0.15, 0.2) is 18.2 Å². The van der Waals surface area contributed by atoms with Crippen molar-refractivity contribution in [2.75, 3.05) is 13.6 Å². The molecule has 6 heteroatoms. The molecule has 3 rings (SSSR count). The molecule has 1 aromatic heterocycles. The molecule has 2 aromatic rings. The summed E-state index contributed by atoms with van der Waals surface area (Å²) in [6, 6.07) is 6.40. The Labute approximate surface area is 142 Å². The van der Waals surface area contributed by atoms with Gasteiger partial charge in [0.1, 0.15) is 0 Å². The van der Waals surface area contributed by atoms with Crippen molar-refractivity contribution in [1.82, 2.24) is 25.2 Å². The van der Waals surface area contributed by atoms with Crippen molar-refractivity contribution in [1.29, 1.82) is 0 Å². The monoisotopic (exact) mass is 327 g/mol. The molecule has 1 unspecified atom stereocenters. The number of carbonyl (C=O) groups excluding carboxylic acids is 1.